The van der Waals surface area contributed by atoms with E-state index in [2.05, 4.69) is 10.3 Å². The highest BCUT2D eigenvalue weighted by Crippen LogP contribution is 2.34. The number of nitrogens with zero attached hydrogens (tertiary/aromatic N) is 2. The third kappa shape index (κ3) is 3.10. The Morgan fingerprint density at radius 2 is 2.10 bits per heavy atom. The third-order valence-electron chi connectivity index (χ3n) is 3.66. The molecule has 1 saturated carbocycles. The van der Waals surface area contributed by atoms with Crippen molar-refractivity contribution in [2.45, 2.75) is 38.5 Å². The van der Waals surface area contributed by atoms with Crippen LogP contribution in [0.25, 0.3) is 5.69 Å². The van der Waals surface area contributed by atoms with Crippen LogP contribution in [-0.4, -0.2) is 15.6 Å². The summed E-state index contributed by atoms with van der Waals surface area (Å²) in [6.07, 6.45) is 0.977. The second-order valence-corrected chi connectivity index (χ2v) is 5.34. The highest BCUT2D eigenvalue weighted by Gasteiger charge is 2.34. The van der Waals surface area contributed by atoms with Gasteiger partial charge in [-0.05, 0) is 37.5 Å². The zero-order chi connectivity index (χ0) is 15.0. The van der Waals surface area contributed by atoms with E-state index < -0.39 is 11.7 Å². The van der Waals surface area contributed by atoms with Gasteiger partial charge in [0.05, 0.1) is 5.56 Å². The monoisotopic (exact) mass is 295 g/mol. The van der Waals surface area contributed by atoms with E-state index in [1.54, 1.807) is 36.0 Å². The summed E-state index contributed by atoms with van der Waals surface area (Å²) in [5, 5.41) is 3.13. The summed E-state index contributed by atoms with van der Waals surface area (Å²) >= 11 is 0. The molecule has 0 spiro atoms. The summed E-state index contributed by atoms with van der Waals surface area (Å²) in [7, 11) is 0. The minimum atomic E-state index is -4.36. The summed E-state index contributed by atoms with van der Waals surface area (Å²) < 4.78 is 41.4. The predicted molar refractivity (Wildman–Crippen MR) is 73.2 cm³/mol. The minimum absolute atomic E-state index is 0.253. The maximum Gasteiger partial charge on any atom is 0.416 e. The number of alkyl halides is 3. The fourth-order valence-corrected chi connectivity index (χ4v) is 2.32. The molecule has 0 saturated heterocycles. The molecule has 0 unspecified atom stereocenters. The maximum absolute atomic E-state index is 13.3. The number of hydrogen-bond donors (Lipinski definition) is 1. The summed E-state index contributed by atoms with van der Waals surface area (Å²) in [6, 6.07) is 4.82. The van der Waals surface area contributed by atoms with E-state index in [-0.39, 0.29) is 12.1 Å². The molecule has 0 aliphatic heterocycles. The summed E-state index contributed by atoms with van der Waals surface area (Å²) in [5.74, 6) is 0.659. The summed E-state index contributed by atoms with van der Waals surface area (Å²) in [4.78, 5) is 4.04. The van der Waals surface area contributed by atoms with Crippen molar-refractivity contribution in [2.75, 3.05) is 0 Å². The zero-order valence-electron chi connectivity index (χ0n) is 11.6. The number of halogens is 3. The summed E-state index contributed by atoms with van der Waals surface area (Å²) in [6.45, 7) is 2.01. The van der Waals surface area contributed by atoms with E-state index in [9.17, 15) is 13.2 Å². The molecule has 2 aromatic rings. The van der Waals surface area contributed by atoms with Gasteiger partial charge in [0.2, 0.25) is 0 Å². The van der Waals surface area contributed by atoms with Gasteiger partial charge in [-0.1, -0.05) is 6.07 Å². The van der Waals surface area contributed by atoms with Crippen molar-refractivity contribution >= 4 is 0 Å². The van der Waals surface area contributed by atoms with Crippen LogP contribution in [0.2, 0.25) is 0 Å². The van der Waals surface area contributed by atoms with E-state index in [0.29, 0.717) is 17.6 Å². The van der Waals surface area contributed by atoms with Crippen molar-refractivity contribution in [1.29, 1.82) is 0 Å². The van der Waals surface area contributed by atoms with Crippen LogP contribution in [0, 0.1) is 6.92 Å². The van der Waals surface area contributed by atoms with Crippen molar-refractivity contribution in [3.05, 3.63) is 47.5 Å². The van der Waals surface area contributed by atoms with Crippen LogP contribution >= 0.6 is 0 Å². The SMILES string of the molecule is Cc1nccn1-c1ccc(CNC2CC2)c(C(F)(F)F)c1. The number of aromatic nitrogens is 2. The van der Waals surface area contributed by atoms with Gasteiger partial charge in [-0.3, -0.25) is 0 Å². The molecule has 1 fully saturated rings. The fraction of sp³-hybridized carbons (Fsp3) is 0.400. The number of rotatable bonds is 4. The van der Waals surface area contributed by atoms with Gasteiger partial charge in [0.15, 0.2) is 0 Å². The molecule has 3 nitrogen and oxygen atoms in total. The lowest BCUT2D eigenvalue weighted by Gasteiger charge is -2.16. The maximum atomic E-state index is 13.3. The third-order valence-corrected chi connectivity index (χ3v) is 3.66. The zero-order valence-corrected chi connectivity index (χ0v) is 11.6. The predicted octanol–water partition coefficient (Wildman–Crippen LogP) is 3.45. The molecule has 112 valence electrons. The lowest BCUT2D eigenvalue weighted by Crippen LogP contribution is -2.19. The average molecular weight is 295 g/mol. The first-order chi connectivity index (χ1) is 9.95. The van der Waals surface area contributed by atoms with Crippen LogP contribution in [0.5, 0.6) is 0 Å². The molecule has 21 heavy (non-hydrogen) atoms. The van der Waals surface area contributed by atoms with Gasteiger partial charge in [0.25, 0.3) is 0 Å². The van der Waals surface area contributed by atoms with Crippen LogP contribution in [-0.2, 0) is 12.7 Å². The van der Waals surface area contributed by atoms with E-state index in [1.807, 2.05) is 0 Å². The second-order valence-electron chi connectivity index (χ2n) is 5.34. The molecule has 6 heteroatoms. The van der Waals surface area contributed by atoms with Crippen molar-refractivity contribution in [3.63, 3.8) is 0 Å². The highest BCUT2D eigenvalue weighted by molar-refractivity contribution is 5.43. The topological polar surface area (TPSA) is 29.9 Å². The van der Waals surface area contributed by atoms with Gasteiger partial charge in [-0.25, -0.2) is 4.98 Å². The fourth-order valence-electron chi connectivity index (χ4n) is 2.32. The Kier molecular flexibility index (Phi) is 3.49. The van der Waals surface area contributed by atoms with Crippen molar-refractivity contribution < 1.29 is 13.2 Å². The van der Waals surface area contributed by atoms with Crippen molar-refractivity contribution in [3.8, 4) is 5.69 Å². The van der Waals surface area contributed by atoms with Gasteiger partial charge in [0, 0.05) is 30.7 Å². The first kappa shape index (κ1) is 14.1. The lowest BCUT2D eigenvalue weighted by atomic mass is 10.1. The van der Waals surface area contributed by atoms with Gasteiger partial charge in [-0.2, -0.15) is 13.2 Å². The second kappa shape index (κ2) is 5.18. The molecule has 1 aromatic heterocycles. The largest absolute Gasteiger partial charge is 0.416 e. The molecule has 1 aliphatic carbocycles. The van der Waals surface area contributed by atoms with E-state index in [0.717, 1.165) is 12.8 Å². The van der Waals surface area contributed by atoms with E-state index >= 15 is 0 Å². The molecule has 0 amide bonds. The smallest absolute Gasteiger partial charge is 0.310 e. The Hall–Kier alpha value is -1.82. The average Bonchev–Trinajstić information content (AvgIpc) is 3.16. The Labute approximate surface area is 120 Å². The van der Waals surface area contributed by atoms with Crippen LogP contribution in [0.15, 0.2) is 30.6 Å². The molecular formula is C15H16F3N3. The Morgan fingerprint density at radius 1 is 1.33 bits per heavy atom. The first-order valence-electron chi connectivity index (χ1n) is 6.89. The van der Waals surface area contributed by atoms with Gasteiger partial charge < -0.3 is 9.88 Å². The minimum Gasteiger partial charge on any atom is -0.310 e. The summed E-state index contributed by atoms with van der Waals surface area (Å²) in [5.41, 5.74) is 0.185. The Morgan fingerprint density at radius 3 is 2.67 bits per heavy atom. The standard InChI is InChI=1S/C15H16F3N3/c1-10-19-6-7-21(10)13-5-2-11(9-20-12-3-4-12)14(8-13)15(16,17)18/h2,5-8,12,20H,3-4,9H2,1H3. The normalized spacial score (nSPS) is 15.4. The highest BCUT2D eigenvalue weighted by atomic mass is 19.4. The molecule has 0 radical (unpaired) electrons. The quantitative estimate of drug-likeness (QED) is 0.936. The number of aryl methyl sites for hydroxylation is 1. The molecule has 1 heterocycles. The van der Waals surface area contributed by atoms with Crippen LogP contribution in [0.3, 0.4) is 0 Å². The number of benzene rings is 1. The lowest BCUT2D eigenvalue weighted by molar-refractivity contribution is -0.138. The Balaban J connectivity index is 1.96. The first-order valence-corrected chi connectivity index (χ1v) is 6.89. The molecule has 0 bridgehead atoms. The number of nitrogens with one attached hydrogen (secondary N) is 1. The van der Waals surface area contributed by atoms with Gasteiger partial charge in [-0.15, -0.1) is 0 Å². The Bertz CT molecular complexity index is 642. The van der Waals surface area contributed by atoms with Gasteiger partial charge in [0.1, 0.15) is 5.82 Å². The molecule has 1 aliphatic rings. The van der Waals surface area contributed by atoms with Crippen LogP contribution < -0.4 is 5.32 Å². The van der Waals surface area contributed by atoms with Crippen LogP contribution in [0.1, 0.15) is 29.8 Å². The number of hydrogen-bond acceptors (Lipinski definition) is 2. The van der Waals surface area contributed by atoms with Crippen molar-refractivity contribution in [1.82, 2.24) is 14.9 Å². The molecule has 1 aromatic carbocycles. The molecular weight excluding hydrogens is 279 g/mol. The van der Waals surface area contributed by atoms with Crippen LogP contribution in [0.4, 0.5) is 13.2 Å². The van der Waals surface area contributed by atoms with Gasteiger partial charge >= 0.3 is 6.18 Å². The number of imidazole rings is 1. The van der Waals surface area contributed by atoms with E-state index in [4.69, 9.17) is 0 Å². The molecule has 3 rings (SSSR count). The molecule has 1 N–H and O–H groups in total. The molecule has 0 atom stereocenters. The van der Waals surface area contributed by atoms with E-state index in [1.165, 1.54) is 6.07 Å². The van der Waals surface area contributed by atoms with Crippen molar-refractivity contribution in [2.24, 2.45) is 0 Å².